The van der Waals surface area contributed by atoms with Crippen molar-refractivity contribution >= 4 is 23.3 Å². The van der Waals surface area contributed by atoms with E-state index in [0.717, 1.165) is 35.3 Å². The van der Waals surface area contributed by atoms with Crippen LogP contribution in [0.5, 0.6) is 0 Å². The molecule has 0 saturated carbocycles. The molecule has 2 heterocycles. The standard InChI is InChI=1S/C11H12N2O2.C8H6N2O2.C3H8O/c1-2-5-15-11(14)8-3-4-10-9(6-8)7-12-13-10;11-8(12)5-1-2-7-6(3-5)4-9-10-7;1-2-3-4/h3-4,6H,2,5,7H2,1H3;1-3H,4H2,(H,11,12);4H,2-3H2,1H3. The molecule has 0 spiro atoms. The molecule has 0 bridgehead atoms. The molecule has 31 heavy (non-hydrogen) atoms. The van der Waals surface area contributed by atoms with Gasteiger partial charge in [-0.15, -0.1) is 0 Å². The van der Waals surface area contributed by atoms with E-state index in [-0.39, 0.29) is 5.97 Å². The zero-order valence-electron chi connectivity index (χ0n) is 17.6. The van der Waals surface area contributed by atoms with Crippen LogP contribution in [0.15, 0.2) is 56.9 Å². The van der Waals surface area contributed by atoms with E-state index in [1.165, 1.54) is 6.07 Å². The number of nitrogens with zero attached hydrogens (tertiary/aromatic N) is 4. The number of ether oxygens (including phenoxy) is 1. The number of carbonyl (C=O) groups is 2. The molecule has 0 aromatic heterocycles. The van der Waals surface area contributed by atoms with Crippen LogP contribution in [-0.2, 0) is 17.8 Å². The molecule has 0 radical (unpaired) electrons. The van der Waals surface area contributed by atoms with Gasteiger partial charge in [0.1, 0.15) is 0 Å². The Balaban J connectivity index is 0.000000192. The zero-order valence-corrected chi connectivity index (χ0v) is 17.6. The molecule has 2 aliphatic rings. The summed E-state index contributed by atoms with van der Waals surface area (Å²) in [6.07, 6.45) is 1.71. The highest BCUT2D eigenvalue weighted by Gasteiger charge is 2.13. The van der Waals surface area contributed by atoms with Gasteiger partial charge in [-0.2, -0.15) is 20.5 Å². The number of rotatable bonds is 5. The van der Waals surface area contributed by atoms with Crippen molar-refractivity contribution in [3.63, 3.8) is 0 Å². The average Bonchev–Trinajstić information content (AvgIpc) is 3.46. The molecule has 9 heteroatoms. The number of aliphatic hydroxyl groups is 1. The fourth-order valence-electron chi connectivity index (χ4n) is 2.53. The number of hydrogen-bond donors (Lipinski definition) is 2. The van der Waals surface area contributed by atoms with Gasteiger partial charge in [0.2, 0.25) is 0 Å². The van der Waals surface area contributed by atoms with Crippen LogP contribution in [0.4, 0.5) is 11.4 Å². The van der Waals surface area contributed by atoms with Gasteiger partial charge in [-0.25, -0.2) is 9.59 Å². The Bertz CT molecular complexity index is 970. The minimum absolute atomic E-state index is 0.272. The van der Waals surface area contributed by atoms with Crippen LogP contribution in [0.3, 0.4) is 0 Å². The number of azo groups is 2. The molecule has 2 aliphatic heterocycles. The first-order valence-corrected chi connectivity index (χ1v) is 10.0. The molecule has 164 valence electrons. The summed E-state index contributed by atoms with van der Waals surface area (Å²) in [6.45, 7) is 5.74. The van der Waals surface area contributed by atoms with Crippen LogP contribution in [0, 0.1) is 0 Å². The van der Waals surface area contributed by atoms with Crippen molar-refractivity contribution < 1.29 is 24.5 Å². The van der Waals surface area contributed by atoms with Gasteiger partial charge in [0.05, 0.1) is 42.2 Å². The summed E-state index contributed by atoms with van der Waals surface area (Å²) in [5.41, 5.74) is 4.37. The van der Waals surface area contributed by atoms with Crippen molar-refractivity contribution in [2.24, 2.45) is 20.5 Å². The summed E-state index contributed by atoms with van der Waals surface area (Å²) in [4.78, 5) is 22.1. The Kier molecular flexibility index (Phi) is 9.44. The van der Waals surface area contributed by atoms with E-state index < -0.39 is 5.97 Å². The number of carboxylic acid groups (broad SMARTS) is 1. The monoisotopic (exact) mass is 426 g/mol. The smallest absolute Gasteiger partial charge is 0.338 e. The maximum absolute atomic E-state index is 11.5. The maximum atomic E-state index is 11.5. The molecular formula is C22H26N4O5. The first-order chi connectivity index (χ1) is 15.0. The summed E-state index contributed by atoms with van der Waals surface area (Å²) in [6, 6.07) is 10.1. The number of aliphatic hydroxyl groups excluding tert-OH is 1. The largest absolute Gasteiger partial charge is 0.478 e. The number of benzene rings is 2. The van der Waals surface area contributed by atoms with Crippen LogP contribution >= 0.6 is 0 Å². The third-order valence-electron chi connectivity index (χ3n) is 4.14. The van der Waals surface area contributed by atoms with Gasteiger partial charge < -0.3 is 14.9 Å². The second-order valence-electron chi connectivity index (χ2n) is 6.65. The lowest BCUT2D eigenvalue weighted by molar-refractivity contribution is 0.0504. The van der Waals surface area contributed by atoms with Crippen molar-refractivity contribution in [1.82, 2.24) is 0 Å². The van der Waals surface area contributed by atoms with Gasteiger partial charge in [0.15, 0.2) is 0 Å². The lowest BCUT2D eigenvalue weighted by atomic mass is 10.1. The summed E-state index contributed by atoms with van der Waals surface area (Å²) in [5, 5.41) is 32.0. The predicted molar refractivity (Wildman–Crippen MR) is 114 cm³/mol. The highest BCUT2D eigenvalue weighted by Crippen LogP contribution is 2.28. The van der Waals surface area contributed by atoms with E-state index in [2.05, 4.69) is 20.5 Å². The highest BCUT2D eigenvalue weighted by atomic mass is 16.5. The Morgan fingerprint density at radius 1 is 0.903 bits per heavy atom. The molecule has 9 nitrogen and oxygen atoms in total. The topological polar surface area (TPSA) is 133 Å². The van der Waals surface area contributed by atoms with E-state index in [1.54, 1.807) is 30.3 Å². The first kappa shape index (κ1) is 23.8. The second-order valence-corrected chi connectivity index (χ2v) is 6.65. The van der Waals surface area contributed by atoms with E-state index in [9.17, 15) is 9.59 Å². The van der Waals surface area contributed by atoms with Crippen LogP contribution in [0.1, 0.15) is 58.5 Å². The van der Waals surface area contributed by atoms with Gasteiger partial charge in [-0.3, -0.25) is 0 Å². The fraction of sp³-hybridized carbons (Fsp3) is 0.364. The summed E-state index contributed by atoms with van der Waals surface area (Å²) in [5.74, 6) is -1.18. The van der Waals surface area contributed by atoms with Gasteiger partial charge in [-0.05, 0) is 49.2 Å². The Hall–Kier alpha value is -3.46. The third kappa shape index (κ3) is 7.07. The number of hydrogen-bond acceptors (Lipinski definition) is 8. The Morgan fingerprint density at radius 2 is 1.42 bits per heavy atom. The van der Waals surface area contributed by atoms with Crippen molar-refractivity contribution in [1.29, 1.82) is 0 Å². The van der Waals surface area contributed by atoms with Crippen LogP contribution < -0.4 is 0 Å². The second kappa shape index (κ2) is 12.3. The highest BCUT2D eigenvalue weighted by molar-refractivity contribution is 5.90. The molecular weight excluding hydrogens is 400 g/mol. The molecule has 2 aromatic carbocycles. The molecule has 2 N–H and O–H groups in total. The molecule has 2 aromatic rings. The van der Waals surface area contributed by atoms with Crippen molar-refractivity contribution in [2.75, 3.05) is 13.2 Å². The molecule has 0 amide bonds. The van der Waals surface area contributed by atoms with Crippen LogP contribution in [0.2, 0.25) is 0 Å². The van der Waals surface area contributed by atoms with E-state index >= 15 is 0 Å². The quantitative estimate of drug-likeness (QED) is 0.632. The van der Waals surface area contributed by atoms with E-state index in [1.807, 2.05) is 13.8 Å². The first-order valence-electron chi connectivity index (χ1n) is 10.0. The fourth-order valence-corrected chi connectivity index (χ4v) is 2.53. The predicted octanol–water partition coefficient (Wildman–Crippen LogP) is 5.22. The number of carboxylic acids is 1. The van der Waals surface area contributed by atoms with Crippen LogP contribution in [-0.4, -0.2) is 35.4 Å². The lowest BCUT2D eigenvalue weighted by Gasteiger charge is -2.03. The maximum Gasteiger partial charge on any atom is 0.338 e. The average molecular weight is 426 g/mol. The van der Waals surface area contributed by atoms with Gasteiger partial charge in [0, 0.05) is 17.7 Å². The zero-order chi connectivity index (χ0) is 22.6. The van der Waals surface area contributed by atoms with Crippen molar-refractivity contribution in [3.8, 4) is 0 Å². The van der Waals surface area contributed by atoms with Crippen LogP contribution in [0.25, 0.3) is 0 Å². The summed E-state index contributed by atoms with van der Waals surface area (Å²) < 4.78 is 5.04. The van der Waals surface area contributed by atoms with Crippen molar-refractivity contribution in [2.45, 2.75) is 39.8 Å². The van der Waals surface area contributed by atoms with Gasteiger partial charge in [0.25, 0.3) is 0 Å². The molecule has 0 saturated heterocycles. The third-order valence-corrected chi connectivity index (χ3v) is 4.14. The Morgan fingerprint density at radius 3 is 1.90 bits per heavy atom. The minimum Gasteiger partial charge on any atom is -0.478 e. The van der Waals surface area contributed by atoms with E-state index in [0.29, 0.717) is 37.4 Å². The number of carbonyl (C=O) groups excluding carboxylic acids is 1. The molecule has 0 unspecified atom stereocenters. The van der Waals surface area contributed by atoms with Crippen molar-refractivity contribution in [3.05, 3.63) is 58.7 Å². The SMILES string of the molecule is CCCO.CCCOC(=O)c1ccc2c(c1)CN=N2.O=C(O)c1ccc2c(c1)CN=N2. The number of fused-ring (bicyclic) bond motifs is 2. The molecule has 0 aliphatic carbocycles. The lowest BCUT2D eigenvalue weighted by Crippen LogP contribution is -2.05. The molecule has 0 fully saturated rings. The molecule has 4 rings (SSSR count). The number of esters is 1. The normalized spacial score (nSPS) is 12.1. The molecule has 0 atom stereocenters. The number of aromatic carboxylic acids is 1. The van der Waals surface area contributed by atoms with E-state index in [4.69, 9.17) is 14.9 Å². The minimum atomic E-state index is -0.912. The summed E-state index contributed by atoms with van der Waals surface area (Å²) in [7, 11) is 0. The van der Waals surface area contributed by atoms with Gasteiger partial charge in [-0.1, -0.05) is 13.8 Å². The summed E-state index contributed by atoms with van der Waals surface area (Å²) >= 11 is 0. The Labute approximate surface area is 180 Å². The van der Waals surface area contributed by atoms with Gasteiger partial charge >= 0.3 is 11.9 Å².